The van der Waals surface area contributed by atoms with Crippen LogP contribution in [0.3, 0.4) is 0 Å². The van der Waals surface area contributed by atoms with Crippen LogP contribution in [0.15, 0.2) is 53.4 Å². The largest absolute Gasteiger partial charge is 0.484 e. The van der Waals surface area contributed by atoms with Gasteiger partial charge in [-0.05, 0) is 55.3 Å². The Bertz CT molecular complexity index is 944. The Labute approximate surface area is 173 Å². The average molecular weight is 444 g/mol. The van der Waals surface area contributed by atoms with Crippen molar-refractivity contribution in [3.05, 3.63) is 59.7 Å². The van der Waals surface area contributed by atoms with Gasteiger partial charge in [0.2, 0.25) is 10.0 Å². The lowest BCUT2D eigenvalue weighted by Crippen LogP contribution is -2.32. The minimum Gasteiger partial charge on any atom is -0.484 e. The topological polar surface area (TPSA) is 84.5 Å². The van der Waals surface area contributed by atoms with Gasteiger partial charge in [0, 0.05) is 18.2 Å². The second-order valence-corrected chi connectivity index (χ2v) is 8.40. The monoisotopic (exact) mass is 444 g/mol. The van der Waals surface area contributed by atoms with Crippen molar-refractivity contribution in [3.8, 4) is 5.75 Å². The molecule has 0 aliphatic heterocycles. The number of benzene rings is 2. The quantitative estimate of drug-likeness (QED) is 0.619. The molecule has 0 radical (unpaired) electrons. The van der Waals surface area contributed by atoms with Crippen molar-refractivity contribution in [2.45, 2.75) is 43.9 Å². The summed E-state index contributed by atoms with van der Waals surface area (Å²) in [5.74, 6) is -0.337. The molecule has 0 aliphatic rings. The number of carbonyl (C=O) groups excluding carboxylic acids is 1. The fourth-order valence-electron chi connectivity index (χ4n) is 2.35. The molecular weight excluding hydrogens is 421 g/mol. The summed E-state index contributed by atoms with van der Waals surface area (Å²) in [6, 6.07) is 11.2. The highest BCUT2D eigenvalue weighted by Gasteiger charge is 2.28. The molecule has 6 nitrogen and oxygen atoms in total. The first-order chi connectivity index (χ1) is 14.0. The van der Waals surface area contributed by atoms with Gasteiger partial charge in [0.05, 0.1) is 4.90 Å². The van der Waals surface area contributed by atoms with E-state index in [9.17, 15) is 26.4 Å². The molecule has 2 rings (SSSR count). The third kappa shape index (κ3) is 7.34. The predicted molar refractivity (Wildman–Crippen MR) is 106 cm³/mol. The van der Waals surface area contributed by atoms with Crippen LogP contribution in [-0.4, -0.2) is 33.1 Å². The summed E-state index contributed by atoms with van der Waals surface area (Å²) in [6.07, 6.45) is -3.76. The number of nitrogens with one attached hydrogen (secondary N) is 2. The van der Waals surface area contributed by atoms with Gasteiger partial charge in [0.25, 0.3) is 5.91 Å². The zero-order valence-corrected chi connectivity index (χ0v) is 17.3. The van der Waals surface area contributed by atoms with Crippen LogP contribution in [0.5, 0.6) is 5.75 Å². The zero-order chi connectivity index (χ0) is 22.4. The maximum Gasteiger partial charge on any atom is 0.422 e. The molecule has 0 bridgehead atoms. The Hall–Kier alpha value is -2.59. The molecule has 164 valence electrons. The summed E-state index contributed by atoms with van der Waals surface area (Å²) >= 11 is 0. The molecule has 0 saturated heterocycles. The molecule has 2 aromatic rings. The molecule has 0 aromatic heterocycles. The molecule has 1 unspecified atom stereocenters. The standard InChI is InChI=1S/C20H23F3N2O4S/c1-3-14(2)25-30(27,28)18-10-6-16(7-11-18)19(26)24-12-15-4-8-17(9-5-15)29-13-20(21,22)23/h4-11,14,25H,3,12-13H2,1-2H3,(H,24,26). The third-order valence-electron chi connectivity index (χ3n) is 4.17. The normalized spacial score (nSPS) is 13.0. The molecule has 1 amide bonds. The molecular formula is C20H23F3N2O4S. The lowest BCUT2D eigenvalue weighted by molar-refractivity contribution is -0.153. The van der Waals surface area contributed by atoms with Crippen LogP contribution >= 0.6 is 0 Å². The van der Waals surface area contributed by atoms with Crippen LogP contribution < -0.4 is 14.8 Å². The van der Waals surface area contributed by atoms with Crippen molar-refractivity contribution in [2.75, 3.05) is 6.61 Å². The van der Waals surface area contributed by atoms with Crippen molar-refractivity contribution in [2.24, 2.45) is 0 Å². The summed E-state index contributed by atoms with van der Waals surface area (Å²) < 4.78 is 68.1. The molecule has 0 heterocycles. The predicted octanol–water partition coefficient (Wildman–Crippen LogP) is 3.63. The van der Waals surface area contributed by atoms with E-state index in [1.54, 1.807) is 19.1 Å². The van der Waals surface area contributed by atoms with E-state index in [2.05, 4.69) is 14.8 Å². The highest BCUT2D eigenvalue weighted by atomic mass is 32.2. The van der Waals surface area contributed by atoms with E-state index in [0.29, 0.717) is 12.0 Å². The van der Waals surface area contributed by atoms with Gasteiger partial charge in [0.1, 0.15) is 5.75 Å². The number of hydrogen-bond donors (Lipinski definition) is 2. The fourth-order valence-corrected chi connectivity index (χ4v) is 3.68. The molecule has 0 spiro atoms. The smallest absolute Gasteiger partial charge is 0.422 e. The minimum absolute atomic E-state index is 0.0637. The second kappa shape index (κ2) is 9.94. The Morgan fingerprint density at radius 3 is 2.20 bits per heavy atom. The highest BCUT2D eigenvalue weighted by molar-refractivity contribution is 7.89. The first kappa shape index (κ1) is 23.7. The molecule has 1 atom stereocenters. The molecule has 10 heteroatoms. The average Bonchev–Trinajstić information content (AvgIpc) is 2.70. The molecule has 2 aromatic carbocycles. The van der Waals surface area contributed by atoms with Gasteiger partial charge in [-0.2, -0.15) is 13.2 Å². The number of amides is 1. The Balaban J connectivity index is 1.92. The number of sulfonamides is 1. The van der Waals surface area contributed by atoms with Crippen LogP contribution in [0.4, 0.5) is 13.2 Å². The van der Waals surface area contributed by atoms with Gasteiger partial charge < -0.3 is 10.1 Å². The van der Waals surface area contributed by atoms with Gasteiger partial charge in [0.15, 0.2) is 6.61 Å². The lowest BCUT2D eigenvalue weighted by Gasteiger charge is -2.12. The van der Waals surface area contributed by atoms with Gasteiger partial charge in [-0.15, -0.1) is 0 Å². The lowest BCUT2D eigenvalue weighted by atomic mass is 10.2. The number of carbonyl (C=O) groups is 1. The highest BCUT2D eigenvalue weighted by Crippen LogP contribution is 2.19. The summed E-state index contributed by atoms with van der Waals surface area (Å²) in [5.41, 5.74) is 0.947. The van der Waals surface area contributed by atoms with Crippen LogP contribution in [0.1, 0.15) is 36.2 Å². The first-order valence-electron chi connectivity index (χ1n) is 9.19. The third-order valence-corrected chi connectivity index (χ3v) is 5.78. The van der Waals surface area contributed by atoms with E-state index in [-0.39, 0.29) is 28.8 Å². The second-order valence-electron chi connectivity index (χ2n) is 6.69. The van der Waals surface area contributed by atoms with Crippen molar-refractivity contribution < 1.29 is 31.1 Å². The number of ether oxygens (including phenoxy) is 1. The maximum absolute atomic E-state index is 12.3. The van der Waals surface area contributed by atoms with E-state index in [4.69, 9.17) is 0 Å². The Kier molecular flexibility index (Phi) is 7.85. The van der Waals surface area contributed by atoms with Crippen molar-refractivity contribution in [1.82, 2.24) is 10.0 Å². The van der Waals surface area contributed by atoms with Gasteiger partial charge in [-0.3, -0.25) is 4.79 Å². The maximum atomic E-state index is 12.3. The van der Waals surface area contributed by atoms with Crippen LogP contribution in [-0.2, 0) is 16.6 Å². The van der Waals surface area contributed by atoms with Crippen LogP contribution in [0.2, 0.25) is 0 Å². The van der Waals surface area contributed by atoms with Gasteiger partial charge >= 0.3 is 6.18 Å². The fraction of sp³-hybridized carbons (Fsp3) is 0.350. The zero-order valence-electron chi connectivity index (χ0n) is 16.5. The van der Waals surface area contributed by atoms with E-state index < -0.39 is 28.7 Å². The number of alkyl halides is 3. The van der Waals surface area contributed by atoms with E-state index in [1.807, 2.05) is 6.92 Å². The van der Waals surface area contributed by atoms with Crippen molar-refractivity contribution >= 4 is 15.9 Å². The molecule has 0 aliphatic carbocycles. The van der Waals surface area contributed by atoms with E-state index >= 15 is 0 Å². The molecule has 0 fully saturated rings. The summed E-state index contributed by atoms with van der Waals surface area (Å²) in [5, 5.41) is 2.67. The minimum atomic E-state index is -4.41. The van der Waals surface area contributed by atoms with Crippen LogP contribution in [0, 0.1) is 0 Å². The Morgan fingerprint density at radius 1 is 1.07 bits per heavy atom. The van der Waals surface area contributed by atoms with E-state index in [0.717, 1.165) is 0 Å². The summed E-state index contributed by atoms with van der Waals surface area (Å²) in [7, 11) is -3.65. The van der Waals surface area contributed by atoms with Crippen molar-refractivity contribution in [3.63, 3.8) is 0 Å². The number of halogens is 3. The molecule has 2 N–H and O–H groups in total. The summed E-state index contributed by atoms with van der Waals surface area (Å²) in [4.78, 5) is 12.3. The van der Waals surface area contributed by atoms with Crippen LogP contribution in [0.25, 0.3) is 0 Å². The van der Waals surface area contributed by atoms with Gasteiger partial charge in [-0.25, -0.2) is 13.1 Å². The van der Waals surface area contributed by atoms with Crippen molar-refractivity contribution in [1.29, 1.82) is 0 Å². The Morgan fingerprint density at radius 2 is 1.67 bits per heavy atom. The van der Waals surface area contributed by atoms with E-state index in [1.165, 1.54) is 36.4 Å². The molecule has 0 saturated carbocycles. The first-order valence-corrected chi connectivity index (χ1v) is 10.7. The SMILES string of the molecule is CCC(C)NS(=O)(=O)c1ccc(C(=O)NCc2ccc(OCC(F)(F)F)cc2)cc1. The molecule has 30 heavy (non-hydrogen) atoms. The number of rotatable bonds is 9. The summed E-state index contributed by atoms with van der Waals surface area (Å²) in [6.45, 7) is 2.40. The number of hydrogen-bond acceptors (Lipinski definition) is 4. The van der Waals surface area contributed by atoms with Gasteiger partial charge in [-0.1, -0.05) is 19.1 Å².